The van der Waals surface area contributed by atoms with Gasteiger partial charge in [0.05, 0.1) is 16.4 Å². The number of benzene rings is 6. The van der Waals surface area contributed by atoms with E-state index >= 15 is 0 Å². The van der Waals surface area contributed by atoms with E-state index in [-0.39, 0.29) is 0 Å². The molecule has 10 aromatic rings. The lowest BCUT2D eigenvalue weighted by molar-refractivity contribution is 0.667. The van der Waals surface area contributed by atoms with Gasteiger partial charge in [-0.15, -0.1) is 0 Å². The fraction of sp³-hybridized carbons (Fsp3) is 0. The average Bonchev–Trinajstić information content (AvgIpc) is 3.74. The van der Waals surface area contributed by atoms with E-state index in [2.05, 4.69) is 41.0 Å². The lowest BCUT2D eigenvalue weighted by Gasteiger charge is -2.11. The van der Waals surface area contributed by atoms with Crippen molar-refractivity contribution in [3.05, 3.63) is 158 Å². The van der Waals surface area contributed by atoms with Crippen LogP contribution in [0.4, 0.5) is 0 Å². The van der Waals surface area contributed by atoms with Gasteiger partial charge in [-0.2, -0.15) is 9.97 Å². The summed E-state index contributed by atoms with van der Waals surface area (Å²) in [6.45, 7) is 0. The van der Waals surface area contributed by atoms with Gasteiger partial charge in [-0.3, -0.25) is 4.57 Å². The molecule has 0 atom stereocenters. The minimum Gasteiger partial charge on any atom is -0.452 e. The van der Waals surface area contributed by atoms with Crippen molar-refractivity contribution in [2.45, 2.75) is 0 Å². The molecule has 0 fully saturated rings. The first kappa shape index (κ1) is 28.1. The van der Waals surface area contributed by atoms with E-state index in [4.69, 9.17) is 29.3 Å². The van der Waals surface area contributed by atoms with Crippen LogP contribution < -0.4 is 0 Å². The van der Waals surface area contributed by atoms with Gasteiger partial charge in [0, 0.05) is 33.0 Å². The highest BCUT2D eigenvalue weighted by molar-refractivity contribution is 6.24. The molecule has 7 heteroatoms. The van der Waals surface area contributed by atoms with E-state index in [0.29, 0.717) is 34.6 Å². The molecule has 0 aliphatic carbocycles. The summed E-state index contributed by atoms with van der Waals surface area (Å²) in [6, 6.07) is 52.8. The molecule has 0 saturated heterocycles. The fourth-order valence-electron chi connectivity index (χ4n) is 6.79. The molecule has 50 heavy (non-hydrogen) atoms. The van der Waals surface area contributed by atoms with E-state index in [0.717, 1.165) is 60.7 Å². The fourth-order valence-corrected chi connectivity index (χ4v) is 6.79. The van der Waals surface area contributed by atoms with Gasteiger partial charge in [0.1, 0.15) is 16.8 Å². The third-order valence-corrected chi connectivity index (χ3v) is 9.08. The van der Waals surface area contributed by atoms with E-state index in [1.165, 1.54) is 0 Å². The van der Waals surface area contributed by atoms with E-state index in [1.54, 1.807) is 0 Å². The van der Waals surface area contributed by atoms with Crippen molar-refractivity contribution in [2.24, 2.45) is 0 Å². The Morgan fingerprint density at radius 2 is 0.940 bits per heavy atom. The van der Waals surface area contributed by atoms with Gasteiger partial charge in [-0.05, 0) is 18.2 Å². The highest BCUT2D eigenvalue weighted by Gasteiger charge is 2.25. The van der Waals surface area contributed by atoms with Crippen molar-refractivity contribution in [3.63, 3.8) is 0 Å². The second-order valence-corrected chi connectivity index (χ2v) is 12.1. The van der Waals surface area contributed by atoms with Crippen LogP contribution in [0.2, 0.25) is 0 Å². The highest BCUT2D eigenvalue weighted by Crippen LogP contribution is 2.42. The van der Waals surface area contributed by atoms with Crippen molar-refractivity contribution < 1.29 is 4.42 Å². The zero-order valence-corrected chi connectivity index (χ0v) is 26.6. The molecule has 6 aromatic carbocycles. The van der Waals surface area contributed by atoms with Gasteiger partial charge in [0.25, 0.3) is 0 Å². The SMILES string of the molecule is c1ccc(-c2nc(-c3ccccc3)nc(-n3c4ccccc4c4ccc5oc6c(-c7ccccc7)nc(-c7ccccc7)nc6c5c43)n2)cc1. The predicted molar refractivity (Wildman–Crippen MR) is 199 cm³/mol. The largest absolute Gasteiger partial charge is 0.452 e. The molecule has 0 radical (unpaired) electrons. The summed E-state index contributed by atoms with van der Waals surface area (Å²) in [5, 5.41) is 2.98. The Morgan fingerprint density at radius 1 is 0.420 bits per heavy atom. The first-order chi connectivity index (χ1) is 24.8. The van der Waals surface area contributed by atoms with Crippen LogP contribution in [0.25, 0.3) is 95.2 Å². The molecule has 0 spiro atoms. The molecule has 234 valence electrons. The Bertz CT molecular complexity index is 2790. The van der Waals surface area contributed by atoms with Crippen molar-refractivity contribution in [2.75, 3.05) is 0 Å². The number of furan rings is 1. The van der Waals surface area contributed by atoms with Crippen LogP contribution in [0.5, 0.6) is 0 Å². The first-order valence-electron chi connectivity index (χ1n) is 16.4. The Kier molecular flexibility index (Phi) is 6.35. The van der Waals surface area contributed by atoms with Crippen molar-refractivity contribution in [3.8, 4) is 51.4 Å². The Labute approximate surface area is 286 Å². The highest BCUT2D eigenvalue weighted by atomic mass is 16.3. The minimum atomic E-state index is 0.506. The number of aromatic nitrogens is 6. The van der Waals surface area contributed by atoms with Crippen LogP contribution in [0.15, 0.2) is 162 Å². The molecular weight excluding hydrogens is 617 g/mol. The van der Waals surface area contributed by atoms with Crippen molar-refractivity contribution in [1.82, 2.24) is 29.5 Å². The quantitative estimate of drug-likeness (QED) is 0.186. The summed E-state index contributed by atoms with van der Waals surface area (Å²) in [7, 11) is 0. The van der Waals surface area contributed by atoms with Crippen molar-refractivity contribution >= 4 is 43.9 Å². The number of hydrogen-bond acceptors (Lipinski definition) is 6. The van der Waals surface area contributed by atoms with Gasteiger partial charge in [0.2, 0.25) is 5.95 Å². The zero-order valence-electron chi connectivity index (χ0n) is 26.6. The molecule has 4 aromatic heterocycles. The van der Waals surface area contributed by atoms with Gasteiger partial charge in [0.15, 0.2) is 23.1 Å². The van der Waals surface area contributed by atoms with E-state index in [9.17, 15) is 0 Å². The van der Waals surface area contributed by atoms with Gasteiger partial charge < -0.3 is 4.42 Å². The number of fused-ring (bicyclic) bond motifs is 7. The number of nitrogens with zero attached hydrogens (tertiary/aromatic N) is 6. The molecule has 0 aliphatic rings. The number of rotatable bonds is 5. The molecule has 0 saturated carbocycles. The summed E-state index contributed by atoms with van der Waals surface area (Å²) in [5.41, 5.74) is 8.34. The van der Waals surface area contributed by atoms with Crippen molar-refractivity contribution in [1.29, 1.82) is 0 Å². The van der Waals surface area contributed by atoms with Crippen LogP contribution in [-0.2, 0) is 0 Å². The van der Waals surface area contributed by atoms with Crippen LogP contribution in [0, 0.1) is 0 Å². The lowest BCUT2D eigenvalue weighted by atomic mass is 10.1. The number of para-hydroxylation sites is 1. The predicted octanol–water partition coefficient (Wildman–Crippen LogP) is 10.3. The topological polar surface area (TPSA) is 82.5 Å². The Hall–Kier alpha value is -6.99. The summed E-state index contributed by atoms with van der Waals surface area (Å²) >= 11 is 0. The maximum absolute atomic E-state index is 6.72. The maximum atomic E-state index is 6.72. The lowest BCUT2D eigenvalue weighted by Crippen LogP contribution is -2.06. The van der Waals surface area contributed by atoms with Crippen LogP contribution in [0.3, 0.4) is 0 Å². The molecular formula is C43H26N6O. The average molecular weight is 643 g/mol. The third kappa shape index (κ3) is 4.48. The minimum absolute atomic E-state index is 0.506. The molecule has 7 nitrogen and oxygen atoms in total. The molecule has 0 bridgehead atoms. The van der Waals surface area contributed by atoms with E-state index in [1.807, 2.05) is 121 Å². The molecule has 0 unspecified atom stereocenters. The summed E-state index contributed by atoms with van der Waals surface area (Å²) < 4.78 is 8.85. The van der Waals surface area contributed by atoms with Gasteiger partial charge in [-0.25, -0.2) is 15.0 Å². The van der Waals surface area contributed by atoms with Crippen LogP contribution in [0.1, 0.15) is 0 Å². The smallest absolute Gasteiger partial charge is 0.238 e. The maximum Gasteiger partial charge on any atom is 0.238 e. The standard InChI is InChI=1S/C43H26N6O/c1-5-15-27(16-6-1)36-39-37(45-40(44-36)28-17-7-2-8-18-28)35-34(50-39)26-25-32-31-23-13-14-24-33(31)49(38(32)35)43-47-41(29-19-9-3-10-20-29)46-42(48-43)30-21-11-4-12-22-30/h1-26H. The summed E-state index contributed by atoms with van der Waals surface area (Å²) in [5.74, 6) is 2.30. The number of hydrogen-bond donors (Lipinski definition) is 0. The second kappa shape index (κ2) is 11.3. The molecule has 0 aliphatic heterocycles. The van der Waals surface area contributed by atoms with Gasteiger partial charge >= 0.3 is 0 Å². The van der Waals surface area contributed by atoms with Crippen LogP contribution in [-0.4, -0.2) is 29.5 Å². The zero-order chi connectivity index (χ0) is 33.0. The summed E-state index contributed by atoms with van der Waals surface area (Å²) in [6.07, 6.45) is 0. The Morgan fingerprint density at radius 3 is 1.54 bits per heavy atom. The Balaban J connectivity index is 1.36. The second-order valence-electron chi connectivity index (χ2n) is 12.1. The van der Waals surface area contributed by atoms with Gasteiger partial charge in [-0.1, -0.05) is 140 Å². The molecule has 4 heterocycles. The molecule has 0 N–H and O–H groups in total. The molecule has 0 amide bonds. The first-order valence-corrected chi connectivity index (χ1v) is 16.4. The molecule has 10 rings (SSSR count). The van der Waals surface area contributed by atoms with Crippen LogP contribution >= 0.6 is 0 Å². The normalized spacial score (nSPS) is 11.6. The third-order valence-electron chi connectivity index (χ3n) is 9.08. The van der Waals surface area contributed by atoms with E-state index < -0.39 is 0 Å². The monoisotopic (exact) mass is 642 g/mol. The summed E-state index contributed by atoms with van der Waals surface area (Å²) in [4.78, 5) is 25.6.